The lowest BCUT2D eigenvalue weighted by atomic mass is 9.47. The SMILES string of the molecule is C=CNC(=O)CCC(=O)OC1CN(C(=O)CCCCCNC(=O)OC2CC[C@@]3(C)C(=CCC4C3CC[C@@]3(C)C4CC[C@@H]3C(C)CCCC(C)C)C2)CC1COC(c1ccccc1)(c1ccc(OC)cc1)c1ccc(OC)cc1. The highest BCUT2D eigenvalue weighted by molar-refractivity contribution is 5.82. The standard InChI is InChI=1S/C66H91N3O9/c1-9-67-60(70)34-35-62(72)78-59-43-69(42-47(59)44-76-66(48-19-12-10-13-20-48,49-22-27-52(74-7)28-23-49)50-24-29-53(75-8)30-25-50)61(71)21-14-11-15-40-68-63(73)77-54-36-38-64(5)51(41-54)26-31-55-57-33-32-56(46(4)18-16-17-45(2)3)65(57,6)39-37-58(55)64/h9-10,12-13,19-20,22-30,45-47,54-59H,1,11,14-18,21,31-44H2,2-8H3,(H,67,70)(H,68,73)/t46?,47?,54?,55?,56-,57?,58?,59?,64+,65-/m1/s1. The van der Waals surface area contributed by atoms with Crippen molar-refractivity contribution in [2.45, 2.75) is 162 Å². The molecular weight excluding hydrogens is 979 g/mol. The van der Waals surface area contributed by atoms with E-state index in [-0.39, 0.29) is 61.3 Å². The van der Waals surface area contributed by atoms with Gasteiger partial charge in [0.15, 0.2) is 0 Å². The van der Waals surface area contributed by atoms with Crippen LogP contribution >= 0.6 is 0 Å². The molecule has 1 saturated heterocycles. The Morgan fingerprint density at radius 2 is 1.45 bits per heavy atom. The van der Waals surface area contributed by atoms with E-state index < -0.39 is 17.7 Å². The number of hydrogen-bond donors (Lipinski definition) is 2. The maximum absolute atomic E-state index is 14.0. The fraction of sp³-hybridized carbons (Fsp3) is 0.606. The Morgan fingerprint density at radius 1 is 0.756 bits per heavy atom. The number of ether oxygens (including phenoxy) is 5. The molecule has 10 atom stereocenters. The molecule has 12 heteroatoms. The van der Waals surface area contributed by atoms with Gasteiger partial charge >= 0.3 is 12.1 Å². The number of benzene rings is 3. The maximum Gasteiger partial charge on any atom is 0.407 e. The molecule has 3 aromatic rings. The van der Waals surface area contributed by atoms with Crippen molar-refractivity contribution in [3.63, 3.8) is 0 Å². The topological polar surface area (TPSA) is 142 Å². The van der Waals surface area contributed by atoms with Gasteiger partial charge in [-0.25, -0.2) is 4.79 Å². The Labute approximate surface area is 466 Å². The maximum atomic E-state index is 14.0. The van der Waals surface area contributed by atoms with Gasteiger partial charge in [-0.05, 0) is 151 Å². The molecule has 2 N–H and O–H groups in total. The summed E-state index contributed by atoms with van der Waals surface area (Å²) in [4.78, 5) is 54.5. The Morgan fingerprint density at radius 3 is 2.12 bits per heavy atom. The quantitative estimate of drug-likeness (QED) is 0.0367. The van der Waals surface area contributed by atoms with E-state index in [9.17, 15) is 19.2 Å². The van der Waals surface area contributed by atoms with E-state index in [0.717, 1.165) is 77.9 Å². The van der Waals surface area contributed by atoms with Crippen LogP contribution in [0.2, 0.25) is 0 Å². The van der Waals surface area contributed by atoms with Crippen molar-refractivity contribution in [1.29, 1.82) is 0 Å². The molecule has 0 aromatic heterocycles. The molecule has 3 aromatic carbocycles. The number of likely N-dealkylation sites (tertiary alicyclic amines) is 1. The predicted octanol–water partition coefficient (Wildman–Crippen LogP) is 13.1. The monoisotopic (exact) mass is 1070 g/mol. The summed E-state index contributed by atoms with van der Waals surface area (Å²) in [6.45, 7) is 17.1. The second kappa shape index (κ2) is 26.6. The second-order valence-electron chi connectivity index (χ2n) is 24.5. The molecule has 12 nitrogen and oxygen atoms in total. The van der Waals surface area contributed by atoms with Gasteiger partial charge in [0.05, 0.1) is 33.8 Å². The van der Waals surface area contributed by atoms with Crippen molar-refractivity contribution in [3.8, 4) is 11.5 Å². The van der Waals surface area contributed by atoms with Crippen molar-refractivity contribution >= 4 is 23.9 Å². The Hall–Kier alpha value is -5.62. The number of allylic oxidation sites excluding steroid dienone is 1. The third-order valence-corrected chi connectivity index (χ3v) is 19.4. The average Bonchev–Trinajstić information content (AvgIpc) is 4.20. The lowest BCUT2D eigenvalue weighted by Crippen LogP contribution is -2.51. The first-order valence-electron chi connectivity index (χ1n) is 29.6. The number of alkyl carbamates (subject to hydrolysis) is 1. The first-order chi connectivity index (χ1) is 37.6. The van der Waals surface area contributed by atoms with E-state index in [2.05, 4.69) is 57.9 Å². The smallest absolute Gasteiger partial charge is 0.407 e. The van der Waals surface area contributed by atoms with Crippen molar-refractivity contribution in [1.82, 2.24) is 15.5 Å². The second-order valence-corrected chi connectivity index (χ2v) is 24.5. The van der Waals surface area contributed by atoms with Gasteiger partial charge in [0.1, 0.15) is 29.3 Å². The highest BCUT2D eigenvalue weighted by atomic mass is 16.6. The van der Waals surface area contributed by atoms with E-state index in [0.29, 0.717) is 49.3 Å². The van der Waals surface area contributed by atoms with E-state index in [1.807, 2.05) is 78.9 Å². The Kier molecular flexibility index (Phi) is 19.9. The summed E-state index contributed by atoms with van der Waals surface area (Å²) < 4.78 is 30.5. The van der Waals surface area contributed by atoms with Crippen LogP contribution < -0.4 is 20.1 Å². The van der Waals surface area contributed by atoms with Crippen LogP contribution in [0.15, 0.2) is 103 Å². The van der Waals surface area contributed by atoms with Gasteiger partial charge in [-0.3, -0.25) is 14.4 Å². The highest BCUT2D eigenvalue weighted by Gasteiger charge is 2.59. The van der Waals surface area contributed by atoms with Crippen LogP contribution in [-0.2, 0) is 34.2 Å². The minimum Gasteiger partial charge on any atom is -0.497 e. The van der Waals surface area contributed by atoms with Crippen LogP contribution in [0.1, 0.15) is 160 Å². The molecule has 4 fully saturated rings. The molecule has 78 heavy (non-hydrogen) atoms. The summed E-state index contributed by atoms with van der Waals surface area (Å²) in [5.41, 5.74) is 3.66. The Bertz CT molecular complexity index is 2460. The lowest BCUT2D eigenvalue weighted by Gasteiger charge is -2.58. The largest absolute Gasteiger partial charge is 0.497 e. The summed E-state index contributed by atoms with van der Waals surface area (Å²) in [6.07, 6.45) is 18.5. The van der Waals surface area contributed by atoms with Crippen molar-refractivity contribution in [2.24, 2.45) is 52.3 Å². The predicted molar refractivity (Wildman–Crippen MR) is 306 cm³/mol. The number of carbonyl (C=O) groups is 4. The Balaban J connectivity index is 0.835. The van der Waals surface area contributed by atoms with Gasteiger partial charge in [0.2, 0.25) is 11.8 Å². The summed E-state index contributed by atoms with van der Waals surface area (Å²) in [5.74, 6) is 4.87. The molecule has 0 spiro atoms. The van der Waals surface area contributed by atoms with Gasteiger partial charge in [-0.1, -0.05) is 133 Å². The number of methoxy groups -OCH3 is 2. The van der Waals surface area contributed by atoms with Crippen LogP contribution in [0, 0.1) is 52.3 Å². The highest BCUT2D eigenvalue weighted by Crippen LogP contribution is 2.67. The van der Waals surface area contributed by atoms with Crippen LogP contribution in [0.25, 0.3) is 0 Å². The average molecular weight is 1070 g/mol. The van der Waals surface area contributed by atoms with Gasteiger partial charge in [-0.15, -0.1) is 0 Å². The number of fused-ring (bicyclic) bond motifs is 5. The number of unbranched alkanes of at least 4 members (excludes halogenated alkanes) is 2. The molecule has 1 heterocycles. The third-order valence-electron chi connectivity index (χ3n) is 19.4. The molecular formula is C66H91N3O9. The normalized spacial score (nSPS) is 26.8. The summed E-state index contributed by atoms with van der Waals surface area (Å²) >= 11 is 0. The molecule has 424 valence electrons. The number of carbonyl (C=O) groups excluding carboxylic acids is 4. The summed E-state index contributed by atoms with van der Waals surface area (Å²) in [6, 6.07) is 25.5. The van der Waals surface area contributed by atoms with E-state index >= 15 is 0 Å². The summed E-state index contributed by atoms with van der Waals surface area (Å²) in [5, 5.41) is 5.51. The molecule has 4 aliphatic carbocycles. The van der Waals surface area contributed by atoms with Gasteiger partial charge in [0, 0.05) is 38.3 Å². The zero-order valence-electron chi connectivity index (χ0n) is 48.0. The van der Waals surface area contributed by atoms with E-state index in [1.165, 1.54) is 63.1 Å². The van der Waals surface area contributed by atoms with Crippen LogP contribution in [0.3, 0.4) is 0 Å². The summed E-state index contributed by atoms with van der Waals surface area (Å²) in [7, 11) is 3.26. The van der Waals surface area contributed by atoms with Gasteiger partial charge in [0.25, 0.3) is 0 Å². The molecule has 8 rings (SSSR count). The number of esters is 1. The van der Waals surface area contributed by atoms with Crippen molar-refractivity contribution in [2.75, 3.05) is 40.5 Å². The molecule has 7 unspecified atom stereocenters. The number of nitrogens with one attached hydrogen (secondary N) is 2. The van der Waals surface area contributed by atoms with E-state index in [4.69, 9.17) is 23.7 Å². The molecule has 0 radical (unpaired) electrons. The minimum absolute atomic E-state index is 0.0413. The zero-order valence-corrected chi connectivity index (χ0v) is 48.0. The van der Waals surface area contributed by atoms with Crippen molar-refractivity contribution < 1.29 is 42.9 Å². The first kappa shape index (κ1) is 58.5. The number of nitrogens with zero attached hydrogens (tertiary/aromatic N) is 1. The fourth-order valence-corrected chi connectivity index (χ4v) is 15.1. The van der Waals surface area contributed by atoms with Gasteiger partial charge < -0.3 is 39.2 Å². The van der Waals surface area contributed by atoms with Crippen LogP contribution in [0.4, 0.5) is 4.79 Å². The zero-order chi connectivity index (χ0) is 55.5. The lowest BCUT2D eigenvalue weighted by molar-refractivity contribution is -0.153. The molecule has 0 bridgehead atoms. The number of amides is 3. The molecule has 5 aliphatic rings. The fourth-order valence-electron chi connectivity index (χ4n) is 15.1. The van der Waals surface area contributed by atoms with E-state index in [1.54, 1.807) is 19.1 Å². The number of rotatable bonds is 25. The van der Waals surface area contributed by atoms with Gasteiger partial charge in [-0.2, -0.15) is 0 Å². The van der Waals surface area contributed by atoms with Crippen LogP contribution in [0.5, 0.6) is 11.5 Å². The first-order valence-corrected chi connectivity index (χ1v) is 29.6. The molecule has 3 saturated carbocycles. The molecule has 3 amide bonds. The third kappa shape index (κ3) is 13.3. The number of hydrogen-bond acceptors (Lipinski definition) is 9. The van der Waals surface area contributed by atoms with Crippen molar-refractivity contribution in [3.05, 3.63) is 120 Å². The molecule has 1 aliphatic heterocycles. The van der Waals surface area contributed by atoms with Crippen LogP contribution in [-0.4, -0.2) is 81.4 Å². The minimum atomic E-state index is -1.12.